The van der Waals surface area contributed by atoms with Gasteiger partial charge in [0.05, 0.1) is 13.0 Å². The zero-order valence-corrected chi connectivity index (χ0v) is 16.1. The molecule has 0 saturated carbocycles. The lowest BCUT2D eigenvalue weighted by Crippen LogP contribution is -2.33. The Morgan fingerprint density at radius 3 is 2.34 bits per heavy atom. The van der Waals surface area contributed by atoms with Gasteiger partial charge in [-0.2, -0.15) is 0 Å². The Kier molecular flexibility index (Phi) is 5.56. The van der Waals surface area contributed by atoms with Crippen LogP contribution < -0.4 is 15.5 Å². The van der Waals surface area contributed by atoms with Crippen LogP contribution in [-0.2, 0) is 22.4 Å². The van der Waals surface area contributed by atoms with Crippen molar-refractivity contribution in [2.75, 3.05) is 23.3 Å². The van der Waals surface area contributed by atoms with Crippen molar-refractivity contribution >= 4 is 28.9 Å². The molecule has 146 valence electrons. The predicted molar refractivity (Wildman–Crippen MR) is 115 cm³/mol. The summed E-state index contributed by atoms with van der Waals surface area (Å²) in [5.74, 6) is -0.417. The van der Waals surface area contributed by atoms with Crippen LogP contribution in [0.25, 0.3) is 0 Å². The lowest BCUT2D eigenvalue weighted by molar-refractivity contribution is -0.123. The second-order valence-electron chi connectivity index (χ2n) is 7.06. The summed E-state index contributed by atoms with van der Waals surface area (Å²) >= 11 is 0. The number of rotatable bonds is 6. The highest BCUT2D eigenvalue weighted by Gasteiger charge is 2.19. The first-order valence-corrected chi connectivity index (χ1v) is 9.75. The third kappa shape index (κ3) is 4.63. The average molecular weight is 385 g/mol. The smallest absolute Gasteiger partial charge is 0.243 e. The first-order chi connectivity index (χ1) is 14.2. The second kappa shape index (κ2) is 8.61. The lowest BCUT2D eigenvalue weighted by atomic mass is 10.1. The highest BCUT2D eigenvalue weighted by Crippen LogP contribution is 2.34. The first kappa shape index (κ1) is 18.7. The molecule has 3 aromatic carbocycles. The van der Waals surface area contributed by atoms with Gasteiger partial charge in [0.15, 0.2) is 0 Å². The fourth-order valence-electron chi connectivity index (χ4n) is 3.56. The van der Waals surface area contributed by atoms with Gasteiger partial charge >= 0.3 is 0 Å². The van der Waals surface area contributed by atoms with Crippen molar-refractivity contribution in [2.24, 2.45) is 0 Å². The molecule has 0 aromatic heterocycles. The summed E-state index contributed by atoms with van der Waals surface area (Å²) < 4.78 is 0. The van der Waals surface area contributed by atoms with Crippen LogP contribution in [-0.4, -0.2) is 24.9 Å². The number of benzene rings is 3. The molecular weight excluding hydrogens is 362 g/mol. The van der Waals surface area contributed by atoms with E-state index in [1.165, 1.54) is 11.3 Å². The van der Waals surface area contributed by atoms with E-state index < -0.39 is 0 Å². The maximum Gasteiger partial charge on any atom is 0.243 e. The van der Waals surface area contributed by atoms with Gasteiger partial charge in [0, 0.05) is 23.6 Å². The molecule has 0 bridgehead atoms. The maximum absolute atomic E-state index is 12.1. The van der Waals surface area contributed by atoms with E-state index in [1.54, 1.807) is 0 Å². The molecule has 4 rings (SSSR count). The first-order valence-electron chi connectivity index (χ1n) is 9.75. The monoisotopic (exact) mass is 385 g/mol. The molecule has 0 fully saturated rings. The van der Waals surface area contributed by atoms with Crippen molar-refractivity contribution < 1.29 is 9.59 Å². The Hall–Kier alpha value is -3.60. The van der Waals surface area contributed by atoms with E-state index in [1.807, 2.05) is 54.6 Å². The van der Waals surface area contributed by atoms with Crippen LogP contribution in [0.5, 0.6) is 0 Å². The molecule has 1 aliphatic heterocycles. The molecule has 0 radical (unpaired) electrons. The van der Waals surface area contributed by atoms with E-state index >= 15 is 0 Å². The fourth-order valence-corrected chi connectivity index (χ4v) is 3.56. The molecule has 1 heterocycles. The van der Waals surface area contributed by atoms with Crippen molar-refractivity contribution in [3.8, 4) is 0 Å². The summed E-state index contributed by atoms with van der Waals surface area (Å²) in [6.07, 6.45) is 1.30. The van der Waals surface area contributed by atoms with E-state index in [-0.39, 0.29) is 24.8 Å². The number of para-hydroxylation sites is 1. The molecule has 0 aliphatic carbocycles. The number of amides is 2. The minimum atomic E-state index is -0.245. The van der Waals surface area contributed by atoms with E-state index in [0.29, 0.717) is 5.69 Å². The highest BCUT2D eigenvalue weighted by atomic mass is 16.2. The summed E-state index contributed by atoms with van der Waals surface area (Å²) in [7, 11) is 0. The number of anilines is 3. The summed E-state index contributed by atoms with van der Waals surface area (Å²) in [4.78, 5) is 26.4. The Labute approximate surface area is 170 Å². The molecule has 0 saturated heterocycles. The van der Waals surface area contributed by atoms with Gasteiger partial charge in [-0.05, 0) is 47.9 Å². The van der Waals surface area contributed by atoms with Crippen molar-refractivity contribution in [3.05, 3.63) is 90.0 Å². The summed E-state index contributed by atoms with van der Waals surface area (Å²) in [5, 5.41) is 5.49. The van der Waals surface area contributed by atoms with Crippen LogP contribution in [0.15, 0.2) is 78.9 Å². The minimum Gasteiger partial charge on any atom is -0.347 e. The number of hydrogen-bond donors (Lipinski definition) is 2. The number of fused-ring (bicyclic) bond motifs is 1. The van der Waals surface area contributed by atoms with E-state index in [0.717, 1.165) is 24.2 Å². The van der Waals surface area contributed by atoms with Gasteiger partial charge < -0.3 is 15.5 Å². The van der Waals surface area contributed by atoms with E-state index in [4.69, 9.17) is 0 Å². The van der Waals surface area contributed by atoms with Gasteiger partial charge in [-0.1, -0.05) is 48.5 Å². The number of nitrogens with zero attached hydrogens (tertiary/aromatic N) is 1. The quantitative estimate of drug-likeness (QED) is 0.680. The molecule has 1 aliphatic rings. The number of carbonyl (C=O) groups is 2. The molecule has 2 amide bonds. The molecule has 29 heavy (non-hydrogen) atoms. The largest absolute Gasteiger partial charge is 0.347 e. The third-order valence-corrected chi connectivity index (χ3v) is 5.00. The standard InChI is InChI=1S/C24H23N3O2/c28-23(16-18-6-2-1-3-7-18)25-17-24(29)26-20-10-12-21(13-11-20)27-15-14-19-8-4-5-9-22(19)27/h1-13H,14-17H2,(H,25,28)(H,26,29). The van der Waals surface area contributed by atoms with Gasteiger partial charge in [-0.25, -0.2) is 0 Å². The van der Waals surface area contributed by atoms with Crippen molar-refractivity contribution in [1.82, 2.24) is 5.32 Å². The van der Waals surface area contributed by atoms with Crippen molar-refractivity contribution in [1.29, 1.82) is 0 Å². The molecule has 5 nitrogen and oxygen atoms in total. The lowest BCUT2D eigenvalue weighted by Gasteiger charge is -2.20. The molecule has 0 spiro atoms. The zero-order valence-electron chi connectivity index (χ0n) is 16.1. The zero-order chi connectivity index (χ0) is 20.1. The molecule has 5 heteroatoms. The van der Waals surface area contributed by atoms with Gasteiger partial charge in [-0.15, -0.1) is 0 Å². The SMILES string of the molecule is O=C(Cc1ccccc1)NCC(=O)Nc1ccc(N2CCc3ccccc32)cc1. The van der Waals surface area contributed by atoms with Crippen LogP contribution in [0.4, 0.5) is 17.1 Å². The Bertz CT molecular complexity index is 1000. The van der Waals surface area contributed by atoms with Crippen molar-refractivity contribution in [3.63, 3.8) is 0 Å². The highest BCUT2D eigenvalue weighted by molar-refractivity contribution is 5.95. The number of hydrogen-bond acceptors (Lipinski definition) is 3. The van der Waals surface area contributed by atoms with Gasteiger partial charge in [0.25, 0.3) is 0 Å². The molecule has 3 aromatic rings. The average Bonchev–Trinajstić information content (AvgIpc) is 3.18. The van der Waals surface area contributed by atoms with Crippen molar-refractivity contribution in [2.45, 2.75) is 12.8 Å². The number of nitrogens with one attached hydrogen (secondary N) is 2. The Morgan fingerprint density at radius 1 is 0.828 bits per heavy atom. The number of carbonyl (C=O) groups excluding carboxylic acids is 2. The maximum atomic E-state index is 12.1. The second-order valence-corrected chi connectivity index (χ2v) is 7.06. The minimum absolute atomic E-state index is 0.0487. The molecule has 0 unspecified atom stereocenters. The predicted octanol–water partition coefficient (Wildman–Crippen LogP) is 3.68. The van der Waals surface area contributed by atoms with Crippen LogP contribution in [0.1, 0.15) is 11.1 Å². The van der Waals surface area contributed by atoms with E-state index in [2.05, 4.69) is 39.8 Å². The Balaban J connectivity index is 1.29. The molecule has 0 atom stereocenters. The normalized spacial score (nSPS) is 12.3. The van der Waals surface area contributed by atoms with Gasteiger partial charge in [0.1, 0.15) is 0 Å². The molecule has 2 N–H and O–H groups in total. The summed E-state index contributed by atoms with van der Waals surface area (Å²) in [6, 6.07) is 25.7. The van der Waals surface area contributed by atoms with Gasteiger partial charge in [-0.3, -0.25) is 9.59 Å². The van der Waals surface area contributed by atoms with Crippen LogP contribution in [0.3, 0.4) is 0 Å². The molecular formula is C24H23N3O2. The van der Waals surface area contributed by atoms with E-state index in [9.17, 15) is 9.59 Å². The third-order valence-electron chi connectivity index (χ3n) is 5.00. The summed E-state index contributed by atoms with van der Waals surface area (Å²) in [6.45, 7) is 0.908. The Morgan fingerprint density at radius 2 is 1.55 bits per heavy atom. The van der Waals surface area contributed by atoms with Crippen LogP contribution in [0, 0.1) is 0 Å². The summed E-state index contributed by atoms with van der Waals surface area (Å²) in [5.41, 5.74) is 5.33. The van der Waals surface area contributed by atoms with Gasteiger partial charge in [0.2, 0.25) is 11.8 Å². The topological polar surface area (TPSA) is 61.4 Å². The fraction of sp³-hybridized carbons (Fsp3) is 0.167. The van der Waals surface area contributed by atoms with Crippen LogP contribution >= 0.6 is 0 Å². The van der Waals surface area contributed by atoms with Crippen LogP contribution in [0.2, 0.25) is 0 Å².